The van der Waals surface area contributed by atoms with Crippen LogP contribution in [0.15, 0.2) is 12.1 Å². The fourth-order valence-electron chi connectivity index (χ4n) is 1.46. The van der Waals surface area contributed by atoms with Crippen molar-refractivity contribution in [3.8, 4) is 6.07 Å². The van der Waals surface area contributed by atoms with Crippen molar-refractivity contribution in [2.24, 2.45) is 0 Å². The number of ether oxygens (including phenoxy) is 1. The first kappa shape index (κ1) is 14.4. The third-order valence-electron chi connectivity index (χ3n) is 2.25. The quantitative estimate of drug-likeness (QED) is 0.624. The van der Waals surface area contributed by atoms with E-state index in [0.717, 1.165) is 12.1 Å². The second-order valence-corrected chi connectivity index (χ2v) is 3.64. The van der Waals surface area contributed by atoms with Crippen molar-refractivity contribution in [1.29, 1.82) is 5.26 Å². The molecule has 18 heavy (non-hydrogen) atoms. The van der Waals surface area contributed by atoms with E-state index >= 15 is 0 Å². The van der Waals surface area contributed by atoms with E-state index < -0.39 is 12.4 Å². The number of hydrogen-bond acceptors (Lipinski definition) is 3. The van der Waals surface area contributed by atoms with Gasteiger partial charge in [0.25, 0.3) is 6.43 Å². The highest BCUT2D eigenvalue weighted by atomic mass is 35.5. The number of nitriles is 1. The van der Waals surface area contributed by atoms with Gasteiger partial charge in [0.05, 0.1) is 17.7 Å². The molecule has 0 N–H and O–H groups in total. The molecule has 0 aliphatic carbocycles. The van der Waals surface area contributed by atoms with Gasteiger partial charge in [0.2, 0.25) is 0 Å². The normalized spacial score (nSPS) is 10.2. The molecule has 0 atom stereocenters. The molecule has 0 bridgehead atoms. The lowest BCUT2D eigenvalue weighted by Crippen LogP contribution is -2.09. The summed E-state index contributed by atoms with van der Waals surface area (Å²) < 4.78 is 30.1. The van der Waals surface area contributed by atoms with E-state index in [9.17, 15) is 13.6 Å². The van der Waals surface area contributed by atoms with Crippen LogP contribution >= 0.6 is 11.6 Å². The molecule has 0 spiro atoms. The summed E-state index contributed by atoms with van der Waals surface area (Å²) in [6.45, 7) is 1.68. The Morgan fingerprint density at radius 1 is 1.56 bits per heavy atom. The first-order valence-electron chi connectivity index (χ1n) is 5.13. The van der Waals surface area contributed by atoms with E-state index in [1.54, 1.807) is 13.0 Å². The van der Waals surface area contributed by atoms with Gasteiger partial charge in [0.1, 0.15) is 6.07 Å². The van der Waals surface area contributed by atoms with E-state index in [2.05, 4.69) is 0 Å². The number of carbonyl (C=O) groups is 1. The van der Waals surface area contributed by atoms with Crippen LogP contribution < -0.4 is 0 Å². The molecule has 1 aromatic rings. The van der Waals surface area contributed by atoms with Crippen molar-refractivity contribution >= 4 is 17.6 Å². The summed E-state index contributed by atoms with van der Waals surface area (Å²) in [6, 6.07) is 3.88. The molecule has 3 nitrogen and oxygen atoms in total. The smallest absolute Gasteiger partial charge is 0.339 e. The molecule has 1 rings (SSSR count). The summed E-state index contributed by atoms with van der Waals surface area (Å²) >= 11 is 5.59. The zero-order valence-corrected chi connectivity index (χ0v) is 10.3. The van der Waals surface area contributed by atoms with Crippen molar-refractivity contribution < 1.29 is 18.3 Å². The van der Waals surface area contributed by atoms with Gasteiger partial charge in [-0.25, -0.2) is 13.6 Å². The highest BCUT2D eigenvalue weighted by Crippen LogP contribution is 2.26. The molecule has 1 aromatic carbocycles. The van der Waals surface area contributed by atoms with Crippen LogP contribution in [-0.2, 0) is 10.6 Å². The van der Waals surface area contributed by atoms with E-state index in [4.69, 9.17) is 21.6 Å². The van der Waals surface area contributed by atoms with Crippen LogP contribution in [0.25, 0.3) is 0 Å². The minimum Gasteiger partial charge on any atom is -0.462 e. The molecule has 0 heterocycles. The molecule has 0 saturated carbocycles. The van der Waals surface area contributed by atoms with Crippen molar-refractivity contribution in [3.63, 3.8) is 0 Å². The maximum absolute atomic E-state index is 12.7. The lowest BCUT2D eigenvalue weighted by Gasteiger charge is -2.10. The number of alkyl halides is 3. The topological polar surface area (TPSA) is 50.1 Å². The van der Waals surface area contributed by atoms with Gasteiger partial charge in [-0.15, -0.1) is 11.6 Å². The van der Waals surface area contributed by atoms with E-state index in [1.807, 2.05) is 0 Å². The summed E-state index contributed by atoms with van der Waals surface area (Å²) in [5.41, 5.74) is -0.353. The molecular formula is C12H10ClF2NO2. The minimum atomic E-state index is -2.74. The highest BCUT2D eigenvalue weighted by Gasteiger charge is 2.20. The van der Waals surface area contributed by atoms with Crippen LogP contribution in [0.4, 0.5) is 8.78 Å². The molecule has 0 amide bonds. The van der Waals surface area contributed by atoms with E-state index in [0.29, 0.717) is 0 Å². The summed E-state index contributed by atoms with van der Waals surface area (Å²) in [5, 5.41) is 8.97. The molecule has 0 radical (unpaired) electrons. The number of halogens is 3. The predicted octanol–water partition coefficient (Wildman–Crippen LogP) is 3.41. The molecule has 0 aliphatic rings. The van der Waals surface area contributed by atoms with E-state index in [-0.39, 0.29) is 34.7 Å². The third kappa shape index (κ3) is 2.96. The second kappa shape index (κ2) is 6.31. The van der Waals surface area contributed by atoms with Crippen LogP contribution in [0.2, 0.25) is 0 Å². The Morgan fingerprint density at radius 3 is 2.67 bits per heavy atom. The summed E-state index contributed by atoms with van der Waals surface area (Å²) in [4.78, 5) is 11.6. The molecule has 0 saturated heterocycles. The average Bonchev–Trinajstić information content (AvgIpc) is 2.37. The Kier molecular flexibility index (Phi) is 5.05. The predicted molar refractivity (Wildman–Crippen MR) is 61.6 cm³/mol. The second-order valence-electron chi connectivity index (χ2n) is 3.37. The third-order valence-corrected chi connectivity index (χ3v) is 2.53. The van der Waals surface area contributed by atoms with Crippen LogP contribution in [0, 0.1) is 11.3 Å². The minimum absolute atomic E-state index is 0.0205. The van der Waals surface area contributed by atoms with Gasteiger partial charge in [-0.05, 0) is 24.6 Å². The Bertz CT molecular complexity index is 498. The molecule has 0 fully saturated rings. The van der Waals surface area contributed by atoms with Crippen LogP contribution in [0.5, 0.6) is 0 Å². The maximum Gasteiger partial charge on any atom is 0.339 e. The van der Waals surface area contributed by atoms with Gasteiger partial charge in [-0.2, -0.15) is 5.26 Å². The summed E-state index contributed by atoms with van der Waals surface area (Å²) in [7, 11) is 0. The number of hydrogen-bond donors (Lipinski definition) is 0. The fourth-order valence-corrected chi connectivity index (χ4v) is 1.67. The Hall–Kier alpha value is -1.67. The van der Waals surface area contributed by atoms with Crippen LogP contribution in [0.1, 0.15) is 40.4 Å². The Labute approximate surface area is 108 Å². The molecule has 96 valence electrons. The van der Waals surface area contributed by atoms with Crippen molar-refractivity contribution in [3.05, 3.63) is 34.4 Å². The van der Waals surface area contributed by atoms with Crippen molar-refractivity contribution in [2.45, 2.75) is 19.2 Å². The van der Waals surface area contributed by atoms with Crippen LogP contribution in [-0.4, -0.2) is 12.6 Å². The standard InChI is InChI=1S/C12H10ClF2NO2/c1-2-18-12(17)9-4-7(11(14)15)3-8(5-13)10(9)6-16/h3-4,11H,2,5H2,1H3. The first-order valence-corrected chi connectivity index (χ1v) is 5.66. The number of esters is 1. The molecule has 6 heteroatoms. The maximum atomic E-state index is 12.7. The van der Waals surface area contributed by atoms with Crippen molar-refractivity contribution in [2.75, 3.05) is 6.61 Å². The molecule has 0 aromatic heterocycles. The van der Waals surface area contributed by atoms with Gasteiger partial charge in [-0.3, -0.25) is 0 Å². The van der Waals surface area contributed by atoms with Crippen molar-refractivity contribution in [1.82, 2.24) is 0 Å². The number of rotatable bonds is 4. The SMILES string of the molecule is CCOC(=O)c1cc(C(F)F)cc(CCl)c1C#N. The lowest BCUT2D eigenvalue weighted by atomic mass is 9.99. The van der Waals surface area contributed by atoms with Gasteiger partial charge in [0.15, 0.2) is 0 Å². The van der Waals surface area contributed by atoms with Crippen LogP contribution in [0.3, 0.4) is 0 Å². The molecule has 0 aliphatic heterocycles. The highest BCUT2D eigenvalue weighted by molar-refractivity contribution is 6.17. The van der Waals surface area contributed by atoms with Gasteiger partial charge in [-0.1, -0.05) is 0 Å². The Balaban J connectivity index is 3.41. The zero-order valence-electron chi connectivity index (χ0n) is 9.54. The zero-order chi connectivity index (χ0) is 13.7. The van der Waals surface area contributed by atoms with E-state index in [1.165, 1.54) is 0 Å². The lowest BCUT2D eigenvalue weighted by molar-refractivity contribution is 0.0525. The number of benzene rings is 1. The largest absolute Gasteiger partial charge is 0.462 e. The summed E-state index contributed by atoms with van der Waals surface area (Å²) in [5.74, 6) is -0.932. The monoisotopic (exact) mass is 273 g/mol. The van der Waals surface area contributed by atoms with Gasteiger partial charge >= 0.3 is 5.97 Å². The first-order chi connectivity index (χ1) is 8.54. The molecule has 0 unspecified atom stereocenters. The van der Waals surface area contributed by atoms with Gasteiger partial charge in [0, 0.05) is 11.4 Å². The molecular weight excluding hydrogens is 264 g/mol. The number of nitrogens with zero attached hydrogens (tertiary/aromatic N) is 1. The number of carbonyl (C=O) groups excluding carboxylic acids is 1. The van der Waals surface area contributed by atoms with Gasteiger partial charge < -0.3 is 4.74 Å². The average molecular weight is 274 g/mol. The Morgan fingerprint density at radius 2 is 2.22 bits per heavy atom. The summed E-state index contributed by atoms with van der Waals surface area (Å²) in [6.07, 6.45) is -2.74. The fraction of sp³-hybridized carbons (Fsp3) is 0.333.